The summed E-state index contributed by atoms with van der Waals surface area (Å²) in [5, 5.41) is 2.47. The summed E-state index contributed by atoms with van der Waals surface area (Å²) in [6, 6.07) is 19.2. The molecule has 20 heavy (non-hydrogen) atoms. The van der Waals surface area contributed by atoms with E-state index in [1.165, 1.54) is 21.9 Å². The number of fused-ring (bicyclic) bond motifs is 1. The van der Waals surface area contributed by atoms with E-state index in [2.05, 4.69) is 73.4 Å². The van der Waals surface area contributed by atoms with Crippen LogP contribution in [0.3, 0.4) is 0 Å². The minimum Gasteiger partial charge on any atom is -0.256 e. The lowest BCUT2D eigenvalue weighted by Crippen LogP contribution is -1.96. The molecule has 100 valence electrons. The van der Waals surface area contributed by atoms with Gasteiger partial charge in [-0.15, -0.1) is 0 Å². The van der Waals surface area contributed by atoms with Crippen LogP contribution < -0.4 is 0 Å². The van der Waals surface area contributed by atoms with Gasteiger partial charge in [0.15, 0.2) is 0 Å². The molecule has 1 nitrogen and oxygen atoms in total. The van der Waals surface area contributed by atoms with Crippen LogP contribution in [0.5, 0.6) is 0 Å². The van der Waals surface area contributed by atoms with Gasteiger partial charge in [-0.05, 0) is 29.4 Å². The molecule has 0 amide bonds. The zero-order valence-electron chi connectivity index (χ0n) is 12.0. The average molecular weight is 261 g/mol. The lowest BCUT2D eigenvalue weighted by molar-refractivity contribution is 0.735. The molecule has 0 bridgehead atoms. The zero-order valence-corrected chi connectivity index (χ0v) is 12.0. The van der Waals surface area contributed by atoms with Gasteiger partial charge < -0.3 is 0 Å². The fourth-order valence-corrected chi connectivity index (χ4v) is 2.70. The Labute approximate surface area is 120 Å². The molecule has 0 radical (unpaired) electrons. The molecule has 0 spiro atoms. The molecule has 0 aliphatic heterocycles. The zero-order chi connectivity index (χ0) is 13.9. The molecular weight excluding hydrogens is 242 g/mol. The predicted molar refractivity (Wildman–Crippen MR) is 85.9 cm³/mol. The monoisotopic (exact) mass is 261 g/mol. The number of aromatic nitrogens is 1. The van der Waals surface area contributed by atoms with Crippen molar-refractivity contribution in [1.82, 2.24) is 4.98 Å². The fraction of sp³-hybridized carbons (Fsp3) is 0.211. The Bertz CT molecular complexity index is 725. The predicted octanol–water partition coefficient (Wildman–Crippen LogP) is 5.42. The maximum Gasteiger partial charge on any atom is 0.0783 e. The highest BCUT2D eigenvalue weighted by atomic mass is 14.7. The van der Waals surface area contributed by atoms with Crippen molar-refractivity contribution in [2.75, 3.05) is 0 Å². The summed E-state index contributed by atoms with van der Waals surface area (Å²) in [6.07, 6.45) is 3.05. The highest BCUT2D eigenvalue weighted by Gasteiger charge is 2.12. The largest absolute Gasteiger partial charge is 0.256 e. The van der Waals surface area contributed by atoms with Gasteiger partial charge in [0.25, 0.3) is 0 Å². The normalized spacial score (nSPS) is 12.5. The maximum absolute atomic E-state index is 4.65. The number of nitrogens with zero attached hydrogens (tertiary/aromatic N) is 1. The summed E-state index contributed by atoms with van der Waals surface area (Å²) in [7, 11) is 0. The molecule has 0 fully saturated rings. The van der Waals surface area contributed by atoms with E-state index in [4.69, 9.17) is 0 Å². The summed E-state index contributed by atoms with van der Waals surface area (Å²) in [5.74, 6) is 0.548. The lowest BCUT2D eigenvalue weighted by atomic mass is 9.90. The van der Waals surface area contributed by atoms with Crippen LogP contribution >= 0.6 is 0 Å². The highest BCUT2D eigenvalue weighted by Crippen LogP contribution is 2.33. The number of pyridine rings is 1. The Morgan fingerprint density at radius 2 is 1.70 bits per heavy atom. The van der Waals surface area contributed by atoms with Gasteiger partial charge in [0.2, 0.25) is 0 Å². The van der Waals surface area contributed by atoms with E-state index in [1.54, 1.807) is 0 Å². The number of hydrogen-bond acceptors (Lipinski definition) is 1. The standard InChI is InChI=1S/C19H19N/c1-3-14(2)16-9-6-7-11-18(16)19-17-10-5-4-8-15(17)12-13-20-19/h4-14H,3H2,1-2H3. The van der Waals surface area contributed by atoms with Crippen molar-refractivity contribution in [2.24, 2.45) is 0 Å². The van der Waals surface area contributed by atoms with Crippen molar-refractivity contribution in [3.05, 3.63) is 66.4 Å². The minimum absolute atomic E-state index is 0.548. The summed E-state index contributed by atoms with van der Waals surface area (Å²) in [6.45, 7) is 4.52. The van der Waals surface area contributed by atoms with Gasteiger partial charge in [-0.3, -0.25) is 4.98 Å². The Hall–Kier alpha value is -2.15. The first-order valence-electron chi connectivity index (χ1n) is 7.24. The van der Waals surface area contributed by atoms with E-state index in [0.29, 0.717) is 5.92 Å². The molecule has 1 heteroatoms. The molecule has 3 aromatic rings. The molecule has 1 unspecified atom stereocenters. The third kappa shape index (κ3) is 2.20. The molecule has 0 N–H and O–H groups in total. The molecule has 3 rings (SSSR count). The maximum atomic E-state index is 4.65. The van der Waals surface area contributed by atoms with Crippen molar-refractivity contribution in [3.63, 3.8) is 0 Å². The van der Waals surface area contributed by atoms with Crippen LogP contribution in [0.15, 0.2) is 60.8 Å². The van der Waals surface area contributed by atoms with Crippen molar-refractivity contribution in [3.8, 4) is 11.3 Å². The van der Waals surface area contributed by atoms with Crippen LogP contribution in [0, 0.1) is 0 Å². The van der Waals surface area contributed by atoms with E-state index in [0.717, 1.165) is 12.1 Å². The third-order valence-corrected chi connectivity index (χ3v) is 4.03. The van der Waals surface area contributed by atoms with Gasteiger partial charge in [-0.2, -0.15) is 0 Å². The first-order valence-corrected chi connectivity index (χ1v) is 7.24. The number of hydrogen-bond donors (Lipinski definition) is 0. The highest BCUT2D eigenvalue weighted by molar-refractivity contribution is 5.95. The molecular formula is C19H19N. The number of benzene rings is 2. The first-order chi connectivity index (χ1) is 9.81. The van der Waals surface area contributed by atoms with Gasteiger partial charge in [-0.25, -0.2) is 0 Å². The Morgan fingerprint density at radius 1 is 0.950 bits per heavy atom. The fourth-order valence-electron chi connectivity index (χ4n) is 2.70. The van der Waals surface area contributed by atoms with Gasteiger partial charge in [0, 0.05) is 17.1 Å². The molecule has 1 atom stereocenters. The van der Waals surface area contributed by atoms with Crippen LogP contribution in [0.4, 0.5) is 0 Å². The van der Waals surface area contributed by atoms with Crippen LogP contribution in [-0.2, 0) is 0 Å². The summed E-state index contributed by atoms with van der Waals surface area (Å²) >= 11 is 0. The minimum atomic E-state index is 0.548. The molecule has 2 aromatic carbocycles. The van der Waals surface area contributed by atoms with Crippen LogP contribution in [0.1, 0.15) is 31.7 Å². The molecule has 1 heterocycles. The molecule has 0 saturated heterocycles. The van der Waals surface area contributed by atoms with Gasteiger partial charge in [-0.1, -0.05) is 62.4 Å². The van der Waals surface area contributed by atoms with Gasteiger partial charge >= 0.3 is 0 Å². The van der Waals surface area contributed by atoms with Crippen LogP contribution in [0.25, 0.3) is 22.0 Å². The quantitative estimate of drug-likeness (QED) is 0.614. The summed E-state index contributed by atoms with van der Waals surface area (Å²) < 4.78 is 0. The van der Waals surface area contributed by atoms with E-state index in [1.807, 2.05) is 6.20 Å². The third-order valence-electron chi connectivity index (χ3n) is 4.03. The van der Waals surface area contributed by atoms with Crippen molar-refractivity contribution >= 4 is 10.8 Å². The van der Waals surface area contributed by atoms with E-state index in [-0.39, 0.29) is 0 Å². The van der Waals surface area contributed by atoms with Gasteiger partial charge in [0.1, 0.15) is 0 Å². The molecule has 1 aromatic heterocycles. The number of rotatable bonds is 3. The Kier molecular flexibility index (Phi) is 3.51. The lowest BCUT2D eigenvalue weighted by Gasteiger charge is -2.15. The van der Waals surface area contributed by atoms with E-state index in [9.17, 15) is 0 Å². The van der Waals surface area contributed by atoms with Crippen molar-refractivity contribution in [2.45, 2.75) is 26.2 Å². The molecule has 0 aliphatic rings. The van der Waals surface area contributed by atoms with Gasteiger partial charge in [0.05, 0.1) is 5.69 Å². The Morgan fingerprint density at radius 3 is 2.55 bits per heavy atom. The average Bonchev–Trinajstić information content (AvgIpc) is 2.53. The topological polar surface area (TPSA) is 12.9 Å². The molecule has 0 aliphatic carbocycles. The van der Waals surface area contributed by atoms with E-state index < -0.39 is 0 Å². The summed E-state index contributed by atoms with van der Waals surface area (Å²) in [5.41, 5.74) is 3.75. The summed E-state index contributed by atoms with van der Waals surface area (Å²) in [4.78, 5) is 4.65. The smallest absolute Gasteiger partial charge is 0.0783 e. The molecule has 0 saturated carbocycles. The van der Waals surface area contributed by atoms with Crippen LogP contribution in [-0.4, -0.2) is 4.98 Å². The SMILES string of the molecule is CCC(C)c1ccccc1-c1nccc2ccccc12. The van der Waals surface area contributed by atoms with Crippen LogP contribution in [0.2, 0.25) is 0 Å². The second kappa shape index (κ2) is 5.46. The van der Waals surface area contributed by atoms with E-state index >= 15 is 0 Å². The first kappa shape index (κ1) is 12.9. The van der Waals surface area contributed by atoms with Crippen molar-refractivity contribution in [1.29, 1.82) is 0 Å². The Balaban J connectivity index is 2.26. The second-order valence-electron chi connectivity index (χ2n) is 5.28. The van der Waals surface area contributed by atoms with Crippen molar-refractivity contribution < 1.29 is 0 Å². The second-order valence-corrected chi connectivity index (χ2v) is 5.28.